The molecule has 6 nitrogen and oxygen atoms in total. The number of thioether (sulfide) groups is 1. The van der Waals surface area contributed by atoms with Crippen LogP contribution in [0.25, 0.3) is 22.8 Å². The number of benzene rings is 2. The monoisotopic (exact) mass is 414 g/mol. The van der Waals surface area contributed by atoms with Crippen LogP contribution in [0.1, 0.15) is 19.4 Å². The summed E-state index contributed by atoms with van der Waals surface area (Å²) in [6.07, 6.45) is 0. The standard InChI is InChI=1S/C23H22N6S/c1-15(2)21-20(17-12-8-5-9-13-17)27-29-22(24-25-23(29)30-21)18-14-19(28(3)26-18)16-10-6-4-7-11-16/h4-15,21H,1-3H3. The van der Waals surface area contributed by atoms with Crippen molar-refractivity contribution in [3.8, 4) is 22.8 Å². The van der Waals surface area contributed by atoms with E-state index in [2.05, 4.69) is 48.3 Å². The van der Waals surface area contributed by atoms with Crippen LogP contribution in [-0.4, -0.2) is 35.6 Å². The van der Waals surface area contributed by atoms with Crippen molar-refractivity contribution >= 4 is 17.5 Å². The molecule has 3 heterocycles. The number of hydrogen-bond acceptors (Lipinski definition) is 5. The van der Waals surface area contributed by atoms with Crippen molar-refractivity contribution < 1.29 is 0 Å². The molecule has 0 spiro atoms. The van der Waals surface area contributed by atoms with E-state index in [1.54, 1.807) is 11.8 Å². The minimum atomic E-state index is 0.223. The van der Waals surface area contributed by atoms with E-state index in [0.717, 1.165) is 33.4 Å². The Kier molecular flexibility index (Phi) is 4.75. The zero-order chi connectivity index (χ0) is 20.7. The Morgan fingerprint density at radius 2 is 1.57 bits per heavy atom. The van der Waals surface area contributed by atoms with Crippen LogP contribution in [0.3, 0.4) is 0 Å². The maximum atomic E-state index is 5.00. The zero-order valence-electron chi connectivity index (χ0n) is 17.1. The average molecular weight is 415 g/mol. The van der Waals surface area contributed by atoms with Crippen LogP contribution in [0, 0.1) is 5.92 Å². The molecular formula is C23H22N6S. The summed E-state index contributed by atoms with van der Waals surface area (Å²) in [5.74, 6) is 1.08. The third kappa shape index (κ3) is 3.25. The number of aryl methyl sites for hydroxylation is 1. The molecule has 7 heteroatoms. The summed E-state index contributed by atoms with van der Waals surface area (Å²) in [5.41, 5.74) is 5.07. The van der Waals surface area contributed by atoms with Crippen LogP contribution in [0.15, 0.2) is 77.0 Å². The smallest absolute Gasteiger partial charge is 0.213 e. The van der Waals surface area contributed by atoms with Crippen molar-refractivity contribution in [2.45, 2.75) is 24.3 Å². The molecule has 0 saturated heterocycles. The molecule has 4 aromatic rings. The van der Waals surface area contributed by atoms with Gasteiger partial charge in [0.25, 0.3) is 0 Å². The largest absolute Gasteiger partial charge is 0.267 e. The van der Waals surface area contributed by atoms with Gasteiger partial charge in [-0.05, 0) is 23.1 Å². The van der Waals surface area contributed by atoms with Gasteiger partial charge < -0.3 is 0 Å². The predicted molar refractivity (Wildman–Crippen MR) is 121 cm³/mol. The summed E-state index contributed by atoms with van der Waals surface area (Å²) in [5, 5.41) is 19.6. The quantitative estimate of drug-likeness (QED) is 0.484. The Morgan fingerprint density at radius 1 is 0.900 bits per heavy atom. The number of rotatable bonds is 4. The third-order valence-corrected chi connectivity index (χ3v) is 6.66. The summed E-state index contributed by atoms with van der Waals surface area (Å²) in [4.78, 5) is 0. The molecule has 0 bridgehead atoms. The number of aromatic nitrogens is 5. The molecule has 0 radical (unpaired) electrons. The van der Waals surface area contributed by atoms with E-state index in [9.17, 15) is 0 Å². The first-order chi connectivity index (χ1) is 14.6. The molecular weight excluding hydrogens is 392 g/mol. The first kappa shape index (κ1) is 18.8. The molecule has 2 aromatic carbocycles. The van der Waals surface area contributed by atoms with Gasteiger partial charge in [-0.3, -0.25) is 4.68 Å². The lowest BCUT2D eigenvalue weighted by Gasteiger charge is -2.25. The van der Waals surface area contributed by atoms with E-state index in [1.165, 1.54) is 0 Å². The molecule has 0 fully saturated rings. The van der Waals surface area contributed by atoms with E-state index >= 15 is 0 Å². The molecule has 0 aliphatic carbocycles. The number of nitrogens with zero attached hydrogens (tertiary/aromatic N) is 6. The lowest BCUT2D eigenvalue weighted by Crippen LogP contribution is -2.28. The van der Waals surface area contributed by atoms with Crippen molar-refractivity contribution in [3.05, 3.63) is 72.3 Å². The van der Waals surface area contributed by atoms with Crippen molar-refractivity contribution in [3.63, 3.8) is 0 Å². The molecule has 2 aromatic heterocycles. The summed E-state index contributed by atoms with van der Waals surface area (Å²) in [6.45, 7) is 4.43. The molecule has 0 amide bonds. The lowest BCUT2D eigenvalue weighted by atomic mass is 10.00. The topological polar surface area (TPSA) is 60.9 Å². The molecule has 30 heavy (non-hydrogen) atoms. The Hall–Kier alpha value is -3.19. The summed E-state index contributed by atoms with van der Waals surface area (Å²) >= 11 is 1.71. The minimum absolute atomic E-state index is 0.223. The summed E-state index contributed by atoms with van der Waals surface area (Å²) < 4.78 is 3.71. The second-order valence-electron chi connectivity index (χ2n) is 7.66. The van der Waals surface area contributed by atoms with Gasteiger partial charge in [-0.1, -0.05) is 86.3 Å². The van der Waals surface area contributed by atoms with Gasteiger partial charge in [0, 0.05) is 7.05 Å². The zero-order valence-corrected chi connectivity index (χ0v) is 17.9. The summed E-state index contributed by atoms with van der Waals surface area (Å²) in [7, 11) is 1.95. The molecule has 150 valence electrons. The molecule has 1 atom stereocenters. The molecule has 1 aliphatic rings. The highest BCUT2D eigenvalue weighted by atomic mass is 32.2. The van der Waals surface area contributed by atoms with Crippen molar-refractivity contribution in [2.75, 3.05) is 0 Å². The Bertz CT molecular complexity index is 1210. The second kappa shape index (κ2) is 7.57. The number of hydrogen-bond donors (Lipinski definition) is 0. The first-order valence-electron chi connectivity index (χ1n) is 9.98. The van der Waals surface area contributed by atoms with Crippen LogP contribution in [0.5, 0.6) is 0 Å². The fourth-order valence-corrected chi connectivity index (χ4v) is 4.77. The van der Waals surface area contributed by atoms with Crippen molar-refractivity contribution in [1.29, 1.82) is 0 Å². The first-order valence-corrected chi connectivity index (χ1v) is 10.9. The SMILES string of the molecule is CC(C)C1Sc2nnc(-c3cc(-c4ccccc4)n(C)n3)n2N=C1c1ccccc1. The van der Waals surface area contributed by atoms with Crippen LogP contribution in [0.2, 0.25) is 0 Å². The fraction of sp³-hybridized carbons (Fsp3) is 0.217. The fourth-order valence-electron chi connectivity index (χ4n) is 3.66. The Labute approximate surface area is 179 Å². The van der Waals surface area contributed by atoms with Crippen LogP contribution in [-0.2, 0) is 7.05 Å². The van der Waals surface area contributed by atoms with Gasteiger partial charge in [-0.15, -0.1) is 10.2 Å². The van der Waals surface area contributed by atoms with Gasteiger partial charge in [-0.2, -0.15) is 14.9 Å². The normalized spacial score (nSPS) is 15.9. The van der Waals surface area contributed by atoms with E-state index in [-0.39, 0.29) is 5.25 Å². The van der Waals surface area contributed by atoms with Gasteiger partial charge in [0.2, 0.25) is 11.0 Å². The second-order valence-corrected chi connectivity index (χ2v) is 8.76. The molecule has 1 aliphatic heterocycles. The van der Waals surface area contributed by atoms with E-state index in [4.69, 9.17) is 10.2 Å². The molecule has 1 unspecified atom stereocenters. The van der Waals surface area contributed by atoms with Gasteiger partial charge in [-0.25, -0.2) is 0 Å². The number of fused-ring (bicyclic) bond motifs is 1. The summed E-state index contributed by atoms with van der Waals surface area (Å²) in [6, 6.07) is 22.6. The molecule has 0 N–H and O–H groups in total. The lowest BCUT2D eigenvalue weighted by molar-refractivity contribution is 0.664. The highest BCUT2D eigenvalue weighted by Crippen LogP contribution is 2.36. The Morgan fingerprint density at radius 3 is 2.23 bits per heavy atom. The maximum Gasteiger partial charge on any atom is 0.213 e. The minimum Gasteiger partial charge on any atom is -0.267 e. The van der Waals surface area contributed by atoms with Crippen LogP contribution < -0.4 is 0 Å². The van der Waals surface area contributed by atoms with E-state index < -0.39 is 0 Å². The van der Waals surface area contributed by atoms with E-state index in [0.29, 0.717) is 11.7 Å². The van der Waals surface area contributed by atoms with Crippen molar-refractivity contribution in [2.24, 2.45) is 18.1 Å². The van der Waals surface area contributed by atoms with Crippen molar-refractivity contribution in [1.82, 2.24) is 24.7 Å². The molecule has 5 rings (SSSR count). The highest BCUT2D eigenvalue weighted by molar-refractivity contribution is 8.00. The predicted octanol–water partition coefficient (Wildman–Crippen LogP) is 4.73. The Balaban J connectivity index is 1.61. The van der Waals surface area contributed by atoms with Gasteiger partial charge in [0.1, 0.15) is 5.69 Å². The average Bonchev–Trinajstić information content (AvgIpc) is 3.36. The van der Waals surface area contributed by atoms with Gasteiger partial charge in [0.05, 0.1) is 16.7 Å². The highest BCUT2D eigenvalue weighted by Gasteiger charge is 2.31. The van der Waals surface area contributed by atoms with E-state index in [1.807, 2.05) is 58.9 Å². The van der Waals surface area contributed by atoms with Gasteiger partial charge in [0.15, 0.2) is 0 Å². The van der Waals surface area contributed by atoms with Crippen LogP contribution in [0.4, 0.5) is 0 Å². The van der Waals surface area contributed by atoms with Gasteiger partial charge >= 0.3 is 0 Å². The van der Waals surface area contributed by atoms with Crippen LogP contribution >= 0.6 is 11.8 Å². The molecule has 0 saturated carbocycles. The maximum absolute atomic E-state index is 5.00. The third-order valence-electron chi connectivity index (χ3n) is 5.18.